The normalized spacial score (nSPS) is 10.2. The van der Waals surface area contributed by atoms with Gasteiger partial charge in [0, 0.05) is 30.8 Å². The molecule has 7 heteroatoms. The third-order valence-electron chi connectivity index (χ3n) is 3.34. The Kier molecular flexibility index (Phi) is 5.57. The fourth-order valence-corrected chi connectivity index (χ4v) is 2.74. The molecule has 0 atom stereocenters. The van der Waals surface area contributed by atoms with Gasteiger partial charge in [-0.3, -0.25) is 0 Å². The van der Waals surface area contributed by atoms with Crippen LogP contribution >= 0.6 is 11.5 Å². The second-order valence-corrected chi connectivity index (χ2v) is 5.87. The SMILES string of the molecule is COCCc1nsc(Nc2ccc(Oc3ccccc3C#N)cc2)n1. The maximum atomic E-state index is 9.10. The van der Waals surface area contributed by atoms with E-state index in [-0.39, 0.29) is 0 Å². The number of rotatable bonds is 7. The first kappa shape index (κ1) is 16.9. The number of nitriles is 1. The number of nitrogens with one attached hydrogen (secondary N) is 1. The predicted octanol–water partition coefficient (Wildman–Crippen LogP) is 4.13. The highest BCUT2D eigenvalue weighted by atomic mass is 32.1. The van der Waals surface area contributed by atoms with E-state index >= 15 is 0 Å². The maximum Gasteiger partial charge on any atom is 0.207 e. The highest BCUT2D eigenvalue weighted by Gasteiger charge is 2.06. The molecule has 0 saturated carbocycles. The third-order valence-corrected chi connectivity index (χ3v) is 4.01. The Balaban J connectivity index is 1.64. The summed E-state index contributed by atoms with van der Waals surface area (Å²) in [7, 11) is 1.66. The first-order chi connectivity index (χ1) is 12.3. The van der Waals surface area contributed by atoms with E-state index in [4.69, 9.17) is 14.7 Å². The molecule has 0 saturated heterocycles. The van der Waals surface area contributed by atoms with Gasteiger partial charge in [0.05, 0.1) is 12.2 Å². The number of benzene rings is 2. The largest absolute Gasteiger partial charge is 0.456 e. The maximum absolute atomic E-state index is 9.10. The van der Waals surface area contributed by atoms with E-state index in [1.54, 1.807) is 25.3 Å². The van der Waals surface area contributed by atoms with Crippen LogP contribution in [0.1, 0.15) is 11.4 Å². The Bertz CT molecular complexity index is 871. The lowest BCUT2D eigenvalue weighted by molar-refractivity contribution is 0.201. The van der Waals surface area contributed by atoms with Gasteiger partial charge in [-0.1, -0.05) is 12.1 Å². The molecule has 0 amide bonds. The van der Waals surface area contributed by atoms with Gasteiger partial charge in [0.25, 0.3) is 0 Å². The molecule has 0 aliphatic carbocycles. The predicted molar refractivity (Wildman–Crippen MR) is 96.4 cm³/mol. The zero-order valence-electron chi connectivity index (χ0n) is 13.6. The summed E-state index contributed by atoms with van der Waals surface area (Å²) in [5.41, 5.74) is 1.39. The summed E-state index contributed by atoms with van der Waals surface area (Å²) in [6.45, 7) is 0.604. The monoisotopic (exact) mass is 352 g/mol. The Morgan fingerprint density at radius 2 is 1.96 bits per heavy atom. The van der Waals surface area contributed by atoms with Crippen LogP contribution in [0.3, 0.4) is 0 Å². The number of aromatic nitrogens is 2. The summed E-state index contributed by atoms with van der Waals surface area (Å²) in [5, 5.41) is 13.0. The first-order valence-corrected chi connectivity index (χ1v) is 8.41. The van der Waals surface area contributed by atoms with Crippen LogP contribution in [0, 0.1) is 11.3 Å². The highest BCUT2D eigenvalue weighted by molar-refractivity contribution is 7.09. The number of hydrogen-bond acceptors (Lipinski definition) is 7. The van der Waals surface area contributed by atoms with Crippen LogP contribution in [-0.2, 0) is 11.2 Å². The number of methoxy groups -OCH3 is 1. The fraction of sp³-hybridized carbons (Fsp3) is 0.167. The lowest BCUT2D eigenvalue weighted by Gasteiger charge is -2.08. The van der Waals surface area contributed by atoms with E-state index in [0.717, 1.165) is 16.6 Å². The number of anilines is 2. The summed E-state index contributed by atoms with van der Waals surface area (Å²) in [5.74, 6) is 1.96. The molecule has 0 radical (unpaired) electrons. The molecule has 126 valence electrons. The Morgan fingerprint density at radius 3 is 2.72 bits per heavy atom. The van der Waals surface area contributed by atoms with Crippen molar-refractivity contribution in [1.82, 2.24) is 9.36 Å². The molecule has 0 aliphatic heterocycles. The van der Waals surface area contributed by atoms with Gasteiger partial charge < -0.3 is 14.8 Å². The molecular formula is C18H16N4O2S. The van der Waals surface area contributed by atoms with Gasteiger partial charge >= 0.3 is 0 Å². The molecular weight excluding hydrogens is 336 g/mol. The van der Waals surface area contributed by atoms with Crippen molar-refractivity contribution in [3.05, 3.63) is 59.9 Å². The van der Waals surface area contributed by atoms with Gasteiger partial charge in [0.1, 0.15) is 23.4 Å². The average Bonchev–Trinajstić information content (AvgIpc) is 3.09. The Hall–Kier alpha value is -2.95. The van der Waals surface area contributed by atoms with Crippen molar-refractivity contribution in [2.75, 3.05) is 19.0 Å². The van der Waals surface area contributed by atoms with Crippen molar-refractivity contribution >= 4 is 22.4 Å². The second-order valence-electron chi connectivity index (χ2n) is 5.12. The molecule has 0 bridgehead atoms. The van der Waals surface area contributed by atoms with E-state index in [0.29, 0.717) is 30.1 Å². The molecule has 25 heavy (non-hydrogen) atoms. The molecule has 1 N–H and O–H groups in total. The van der Waals surface area contributed by atoms with E-state index in [9.17, 15) is 0 Å². The van der Waals surface area contributed by atoms with Crippen LogP contribution in [0.15, 0.2) is 48.5 Å². The smallest absolute Gasteiger partial charge is 0.207 e. The number of hydrogen-bond donors (Lipinski definition) is 1. The van der Waals surface area contributed by atoms with Gasteiger partial charge in [-0.25, -0.2) is 4.98 Å². The van der Waals surface area contributed by atoms with E-state index in [1.165, 1.54) is 11.5 Å². The van der Waals surface area contributed by atoms with Crippen molar-refractivity contribution in [1.29, 1.82) is 5.26 Å². The molecule has 3 aromatic rings. The van der Waals surface area contributed by atoms with Gasteiger partial charge in [-0.15, -0.1) is 0 Å². The molecule has 6 nitrogen and oxygen atoms in total. The third kappa shape index (κ3) is 4.53. The van der Waals surface area contributed by atoms with Crippen molar-refractivity contribution in [2.45, 2.75) is 6.42 Å². The quantitative estimate of drug-likeness (QED) is 0.688. The summed E-state index contributed by atoms with van der Waals surface area (Å²) in [4.78, 5) is 4.40. The molecule has 0 fully saturated rings. The van der Waals surface area contributed by atoms with Crippen LogP contribution in [0.25, 0.3) is 0 Å². The molecule has 0 unspecified atom stereocenters. The van der Waals surface area contributed by atoms with Crippen LogP contribution in [-0.4, -0.2) is 23.1 Å². The van der Waals surface area contributed by atoms with Gasteiger partial charge in [0.15, 0.2) is 0 Å². The lowest BCUT2D eigenvalue weighted by Crippen LogP contribution is -1.97. The molecule has 2 aromatic carbocycles. The fourth-order valence-electron chi connectivity index (χ4n) is 2.10. The topological polar surface area (TPSA) is 80.1 Å². The minimum atomic E-state index is 0.502. The summed E-state index contributed by atoms with van der Waals surface area (Å²) < 4.78 is 15.1. The van der Waals surface area contributed by atoms with Gasteiger partial charge in [-0.2, -0.15) is 9.64 Å². The number of para-hydroxylation sites is 1. The van der Waals surface area contributed by atoms with Crippen molar-refractivity contribution in [3.8, 4) is 17.6 Å². The average molecular weight is 352 g/mol. The first-order valence-electron chi connectivity index (χ1n) is 7.64. The van der Waals surface area contributed by atoms with Crippen LogP contribution in [0.5, 0.6) is 11.5 Å². The molecule has 3 rings (SSSR count). The van der Waals surface area contributed by atoms with Crippen LogP contribution in [0.2, 0.25) is 0 Å². The molecule has 1 heterocycles. The van der Waals surface area contributed by atoms with E-state index in [2.05, 4.69) is 20.7 Å². The Morgan fingerprint density at radius 1 is 1.16 bits per heavy atom. The minimum absolute atomic E-state index is 0.502. The van der Waals surface area contributed by atoms with Gasteiger partial charge in [0.2, 0.25) is 5.13 Å². The zero-order chi connectivity index (χ0) is 17.5. The van der Waals surface area contributed by atoms with Gasteiger partial charge in [-0.05, 0) is 36.4 Å². The summed E-state index contributed by atoms with van der Waals surface area (Å²) in [6.07, 6.45) is 0.694. The minimum Gasteiger partial charge on any atom is -0.456 e. The van der Waals surface area contributed by atoms with Crippen LogP contribution < -0.4 is 10.1 Å². The van der Waals surface area contributed by atoms with Crippen molar-refractivity contribution in [3.63, 3.8) is 0 Å². The number of ether oxygens (including phenoxy) is 2. The molecule has 1 aromatic heterocycles. The van der Waals surface area contributed by atoms with Crippen molar-refractivity contribution in [2.24, 2.45) is 0 Å². The number of nitrogens with zero attached hydrogens (tertiary/aromatic N) is 3. The second kappa shape index (κ2) is 8.24. The van der Waals surface area contributed by atoms with Crippen LogP contribution in [0.4, 0.5) is 10.8 Å². The summed E-state index contributed by atoms with van der Waals surface area (Å²) >= 11 is 1.31. The standard InChI is InChI=1S/C18H16N4O2S/c1-23-11-10-17-21-18(25-22-17)20-14-6-8-15(9-7-14)24-16-5-3-2-4-13(16)12-19/h2-9H,10-11H2,1H3,(H,20,21,22). The molecule has 0 spiro atoms. The van der Waals surface area contributed by atoms with Crippen molar-refractivity contribution < 1.29 is 9.47 Å². The highest BCUT2D eigenvalue weighted by Crippen LogP contribution is 2.27. The zero-order valence-corrected chi connectivity index (χ0v) is 14.4. The molecule has 0 aliphatic rings. The Labute approximate surface area is 149 Å². The van der Waals surface area contributed by atoms with E-state index < -0.39 is 0 Å². The van der Waals surface area contributed by atoms with E-state index in [1.807, 2.05) is 30.3 Å². The summed E-state index contributed by atoms with van der Waals surface area (Å²) in [6, 6.07) is 16.7. The lowest BCUT2D eigenvalue weighted by atomic mass is 10.2.